The van der Waals surface area contributed by atoms with Gasteiger partial charge in [-0.15, -0.1) is 0 Å². The van der Waals surface area contributed by atoms with Crippen LogP contribution in [0.3, 0.4) is 0 Å². The summed E-state index contributed by atoms with van der Waals surface area (Å²) in [6.45, 7) is 2.30. The Labute approximate surface area is 80.3 Å². The first-order valence-corrected chi connectivity index (χ1v) is 5.33. The minimum atomic E-state index is 1.02. The molecule has 0 aromatic heterocycles. The molecule has 0 saturated heterocycles. The van der Waals surface area contributed by atoms with Gasteiger partial charge in [0.15, 0.2) is 0 Å². The number of hydrogen-bond donors (Lipinski definition) is 0. The van der Waals surface area contributed by atoms with E-state index in [4.69, 9.17) is 0 Å². The predicted molar refractivity (Wildman–Crippen MR) is 51.0 cm³/mol. The molecule has 0 atom stereocenters. The van der Waals surface area contributed by atoms with E-state index in [1.807, 2.05) is 0 Å². The summed E-state index contributed by atoms with van der Waals surface area (Å²) in [6.07, 6.45) is 10.4. The van der Waals surface area contributed by atoms with E-state index in [0.717, 1.165) is 10.5 Å². The van der Waals surface area contributed by atoms with Crippen LogP contribution in [0.4, 0.5) is 0 Å². The Morgan fingerprint density at radius 3 is 2.36 bits per heavy atom. The van der Waals surface area contributed by atoms with Crippen molar-refractivity contribution in [1.82, 2.24) is 0 Å². The van der Waals surface area contributed by atoms with Crippen LogP contribution in [0.1, 0.15) is 51.9 Å². The fourth-order valence-electron chi connectivity index (χ4n) is 2.11. The van der Waals surface area contributed by atoms with Crippen molar-refractivity contribution in [1.29, 1.82) is 0 Å². The van der Waals surface area contributed by atoms with Crippen molar-refractivity contribution in [2.75, 3.05) is 0 Å². The van der Waals surface area contributed by atoms with Crippen molar-refractivity contribution >= 4 is 17.7 Å². The quantitative estimate of drug-likeness (QED) is 0.536. The topological polar surface area (TPSA) is 0 Å². The summed E-state index contributed by atoms with van der Waals surface area (Å²) in [6, 6.07) is 0. The van der Waals surface area contributed by atoms with Gasteiger partial charge in [-0.25, -0.2) is 0 Å². The van der Waals surface area contributed by atoms with Crippen molar-refractivity contribution in [2.45, 2.75) is 56.5 Å². The van der Waals surface area contributed by atoms with E-state index in [2.05, 4.69) is 24.6 Å². The standard InChI is InChI=1S/C10H19.Li/c1-2-3-7-10-8-5-4-6-9-10;/h4,10H,2-3,5-9H2,1H3;. The Morgan fingerprint density at radius 2 is 1.82 bits per heavy atom. The van der Waals surface area contributed by atoms with Crippen molar-refractivity contribution in [3.8, 4) is 0 Å². The molecule has 0 aliphatic heterocycles. The van der Waals surface area contributed by atoms with Crippen LogP contribution in [0.5, 0.6) is 0 Å². The molecule has 0 aromatic rings. The van der Waals surface area contributed by atoms with Crippen molar-refractivity contribution < 1.29 is 0 Å². The van der Waals surface area contributed by atoms with Gasteiger partial charge in [-0.1, -0.05) is 0 Å². The van der Waals surface area contributed by atoms with Crippen LogP contribution in [0.2, 0.25) is 4.59 Å². The van der Waals surface area contributed by atoms with Gasteiger partial charge >= 0.3 is 80.1 Å². The number of rotatable bonds is 3. The monoisotopic (exact) mass is 146 g/mol. The van der Waals surface area contributed by atoms with E-state index in [1.54, 1.807) is 0 Å². The van der Waals surface area contributed by atoms with E-state index in [9.17, 15) is 0 Å². The molecule has 11 heavy (non-hydrogen) atoms. The molecule has 0 bridgehead atoms. The summed E-state index contributed by atoms with van der Waals surface area (Å²) in [7, 11) is 0. The molecule has 1 saturated carbocycles. The Morgan fingerprint density at radius 1 is 1.18 bits per heavy atom. The molecule has 1 aliphatic rings. The Kier molecular flexibility index (Phi) is 4.65. The molecule has 0 amide bonds. The van der Waals surface area contributed by atoms with Gasteiger partial charge in [-0.3, -0.25) is 0 Å². The zero-order valence-corrected chi connectivity index (χ0v) is 8.10. The fourth-order valence-corrected chi connectivity index (χ4v) is 2.11. The molecule has 1 aliphatic carbocycles. The normalized spacial score (nSPS) is 32.3. The first kappa shape index (κ1) is 9.68. The molecule has 1 fully saturated rings. The molecule has 0 aromatic carbocycles. The third kappa shape index (κ3) is 3.68. The van der Waals surface area contributed by atoms with Gasteiger partial charge in [0.05, 0.1) is 0 Å². The van der Waals surface area contributed by atoms with Crippen LogP contribution in [-0.2, 0) is 0 Å². The molecule has 0 nitrogen and oxygen atoms in total. The summed E-state index contributed by atoms with van der Waals surface area (Å²) in [5.74, 6) is 1.09. The van der Waals surface area contributed by atoms with Crippen molar-refractivity contribution in [3.63, 3.8) is 0 Å². The van der Waals surface area contributed by atoms with Crippen LogP contribution < -0.4 is 0 Å². The third-order valence-corrected chi connectivity index (χ3v) is 3.10. The van der Waals surface area contributed by atoms with Crippen molar-refractivity contribution in [2.24, 2.45) is 5.92 Å². The summed E-state index contributed by atoms with van der Waals surface area (Å²) in [5.41, 5.74) is 0. The van der Waals surface area contributed by atoms with Gasteiger partial charge in [0, 0.05) is 0 Å². The Hall–Kier alpha value is 0.597. The van der Waals surface area contributed by atoms with Gasteiger partial charge in [0.25, 0.3) is 0 Å². The first-order valence-electron chi connectivity index (χ1n) is 5.33. The van der Waals surface area contributed by atoms with Gasteiger partial charge in [-0.2, -0.15) is 0 Å². The predicted octanol–water partition coefficient (Wildman–Crippen LogP) is 3.32. The van der Waals surface area contributed by atoms with Crippen LogP contribution >= 0.6 is 0 Å². The average Bonchev–Trinajstić information content (AvgIpc) is 2.04. The molecule has 60 valence electrons. The number of hydrogen-bond acceptors (Lipinski definition) is 0. The second-order valence-electron chi connectivity index (χ2n) is 4.27. The van der Waals surface area contributed by atoms with Gasteiger partial charge < -0.3 is 0 Å². The third-order valence-electron chi connectivity index (χ3n) is 3.10. The molecule has 0 heterocycles. The van der Waals surface area contributed by atoms with E-state index in [1.165, 1.54) is 44.9 Å². The summed E-state index contributed by atoms with van der Waals surface area (Å²) in [4.78, 5) is 0. The maximum absolute atomic E-state index is 2.40. The van der Waals surface area contributed by atoms with Gasteiger partial charge in [0.2, 0.25) is 0 Å². The zero-order chi connectivity index (χ0) is 8.10. The van der Waals surface area contributed by atoms with E-state index in [0.29, 0.717) is 0 Å². The molecular weight excluding hydrogens is 127 g/mol. The summed E-state index contributed by atoms with van der Waals surface area (Å²) >= 11 is 2.40. The molecule has 0 spiro atoms. The zero-order valence-electron chi connectivity index (χ0n) is 8.10. The van der Waals surface area contributed by atoms with E-state index in [-0.39, 0.29) is 0 Å². The van der Waals surface area contributed by atoms with Crippen LogP contribution in [0.15, 0.2) is 0 Å². The molecule has 0 radical (unpaired) electrons. The van der Waals surface area contributed by atoms with E-state index < -0.39 is 0 Å². The Bertz CT molecular complexity index is 90.3. The van der Waals surface area contributed by atoms with Crippen LogP contribution in [0.25, 0.3) is 0 Å². The van der Waals surface area contributed by atoms with Gasteiger partial charge in [-0.05, 0) is 0 Å². The van der Waals surface area contributed by atoms with Crippen LogP contribution in [-0.4, -0.2) is 17.7 Å². The summed E-state index contributed by atoms with van der Waals surface area (Å²) in [5, 5.41) is 0. The van der Waals surface area contributed by atoms with Crippen LogP contribution in [0, 0.1) is 5.92 Å². The molecule has 0 N–H and O–H groups in total. The Balaban J connectivity index is 2.07. The first-order chi connectivity index (χ1) is 5.33. The molecule has 1 rings (SSSR count). The van der Waals surface area contributed by atoms with Gasteiger partial charge in [0.1, 0.15) is 0 Å². The minimum absolute atomic E-state index is 1.02. The summed E-state index contributed by atoms with van der Waals surface area (Å²) < 4.78 is 1.02. The number of unbranched alkanes of at least 4 members (excludes halogenated alkanes) is 1. The van der Waals surface area contributed by atoms with Crippen molar-refractivity contribution in [3.05, 3.63) is 0 Å². The molecular formula is C10H19Li. The molecule has 1 heteroatoms. The average molecular weight is 146 g/mol. The SMILES string of the molecule is [Li][CH]1CCC(CCCC)CC1. The molecule has 0 unspecified atom stereocenters. The van der Waals surface area contributed by atoms with E-state index >= 15 is 0 Å². The second-order valence-corrected chi connectivity index (χ2v) is 4.27. The second kappa shape index (κ2) is 5.28. The fraction of sp³-hybridized carbons (Fsp3) is 1.00. The maximum atomic E-state index is 2.40.